The molecule has 0 radical (unpaired) electrons. The second kappa shape index (κ2) is 9.23. The Balaban J connectivity index is 2.38. The van der Waals surface area contributed by atoms with Gasteiger partial charge in [-0.15, -0.1) is 0 Å². The molecule has 1 heterocycles. The molecule has 1 aliphatic rings. The van der Waals surface area contributed by atoms with Crippen LogP contribution in [0.25, 0.3) is 0 Å². The van der Waals surface area contributed by atoms with Gasteiger partial charge in [0, 0.05) is 20.1 Å². The highest BCUT2D eigenvalue weighted by molar-refractivity contribution is 5.83. The standard InChI is InChI=1S/C17H32N2O4/c1-6-14(2)11-17(3,4)23-16(21)13-18(5)15(20)12-19-7-9-22-10-8-19/h14H,6-13H2,1-5H3. The SMILES string of the molecule is CCC(C)CC(C)(C)OC(=O)CN(C)C(=O)CN1CCOCC1. The fourth-order valence-corrected chi connectivity index (χ4v) is 2.72. The second-order valence-corrected chi connectivity index (χ2v) is 7.09. The molecule has 0 aromatic carbocycles. The summed E-state index contributed by atoms with van der Waals surface area (Å²) in [4.78, 5) is 27.7. The lowest BCUT2D eigenvalue weighted by atomic mass is 9.93. The van der Waals surface area contributed by atoms with Gasteiger partial charge in [0.05, 0.1) is 19.8 Å². The summed E-state index contributed by atoms with van der Waals surface area (Å²) < 4.78 is 10.8. The molecular formula is C17H32N2O4. The van der Waals surface area contributed by atoms with E-state index in [4.69, 9.17) is 9.47 Å². The van der Waals surface area contributed by atoms with Crippen molar-refractivity contribution in [3.8, 4) is 0 Å². The summed E-state index contributed by atoms with van der Waals surface area (Å²) in [5, 5.41) is 0. The Hall–Kier alpha value is -1.14. The molecule has 1 unspecified atom stereocenters. The fraction of sp³-hybridized carbons (Fsp3) is 0.882. The van der Waals surface area contributed by atoms with Crippen LogP contribution >= 0.6 is 0 Å². The average molecular weight is 328 g/mol. The highest BCUT2D eigenvalue weighted by Crippen LogP contribution is 2.22. The molecule has 1 saturated heterocycles. The van der Waals surface area contributed by atoms with Crippen molar-refractivity contribution in [1.29, 1.82) is 0 Å². The van der Waals surface area contributed by atoms with E-state index >= 15 is 0 Å². The van der Waals surface area contributed by atoms with Crippen LogP contribution in [0.5, 0.6) is 0 Å². The van der Waals surface area contributed by atoms with E-state index in [2.05, 4.69) is 13.8 Å². The number of morpholine rings is 1. The third-order valence-corrected chi connectivity index (χ3v) is 4.18. The van der Waals surface area contributed by atoms with E-state index in [0.717, 1.165) is 25.9 Å². The summed E-state index contributed by atoms with van der Waals surface area (Å²) in [5.74, 6) is 0.0817. The molecule has 0 bridgehead atoms. The van der Waals surface area contributed by atoms with Crippen LogP contribution in [-0.4, -0.2) is 73.7 Å². The van der Waals surface area contributed by atoms with Gasteiger partial charge in [-0.2, -0.15) is 0 Å². The zero-order valence-corrected chi connectivity index (χ0v) is 15.3. The van der Waals surface area contributed by atoms with Crippen molar-refractivity contribution < 1.29 is 19.1 Å². The maximum absolute atomic E-state index is 12.2. The minimum absolute atomic E-state index is 0.00684. The van der Waals surface area contributed by atoms with Crippen LogP contribution < -0.4 is 0 Å². The number of nitrogens with zero attached hydrogens (tertiary/aromatic N) is 2. The van der Waals surface area contributed by atoms with E-state index in [9.17, 15) is 9.59 Å². The van der Waals surface area contributed by atoms with Crippen molar-refractivity contribution in [3.63, 3.8) is 0 Å². The number of likely N-dealkylation sites (N-methyl/N-ethyl adjacent to an activating group) is 1. The highest BCUT2D eigenvalue weighted by Gasteiger charge is 2.26. The molecule has 1 rings (SSSR count). The molecule has 1 amide bonds. The maximum atomic E-state index is 12.2. The summed E-state index contributed by atoms with van der Waals surface area (Å²) in [7, 11) is 1.64. The zero-order chi connectivity index (χ0) is 17.5. The van der Waals surface area contributed by atoms with E-state index in [1.165, 1.54) is 4.90 Å². The Morgan fingerprint density at radius 2 is 1.91 bits per heavy atom. The van der Waals surface area contributed by atoms with E-state index in [1.54, 1.807) is 7.05 Å². The third-order valence-electron chi connectivity index (χ3n) is 4.18. The van der Waals surface area contributed by atoms with Crippen LogP contribution in [0.15, 0.2) is 0 Å². The monoisotopic (exact) mass is 328 g/mol. The molecule has 0 aromatic rings. The van der Waals surface area contributed by atoms with Crippen molar-refractivity contribution in [2.75, 3.05) is 46.4 Å². The molecule has 23 heavy (non-hydrogen) atoms. The highest BCUT2D eigenvalue weighted by atomic mass is 16.6. The van der Waals surface area contributed by atoms with Crippen LogP contribution in [0.3, 0.4) is 0 Å². The van der Waals surface area contributed by atoms with Gasteiger partial charge in [0.25, 0.3) is 0 Å². The van der Waals surface area contributed by atoms with E-state index in [-0.39, 0.29) is 18.4 Å². The number of ether oxygens (including phenoxy) is 2. The normalized spacial score (nSPS) is 17.6. The van der Waals surface area contributed by atoms with Crippen LogP contribution in [-0.2, 0) is 19.1 Å². The van der Waals surface area contributed by atoms with Gasteiger partial charge in [-0.1, -0.05) is 20.3 Å². The van der Waals surface area contributed by atoms with Gasteiger partial charge in [0.2, 0.25) is 5.91 Å². The van der Waals surface area contributed by atoms with Gasteiger partial charge in [-0.05, 0) is 26.2 Å². The van der Waals surface area contributed by atoms with Gasteiger partial charge in [0.15, 0.2) is 0 Å². The lowest BCUT2D eigenvalue weighted by molar-refractivity contribution is -0.161. The summed E-state index contributed by atoms with van der Waals surface area (Å²) in [6, 6.07) is 0. The number of carbonyl (C=O) groups is 2. The van der Waals surface area contributed by atoms with Crippen molar-refractivity contribution in [2.24, 2.45) is 5.92 Å². The molecule has 1 fully saturated rings. The molecular weight excluding hydrogens is 296 g/mol. The molecule has 1 atom stereocenters. The number of carbonyl (C=O) groups excluding carboxylic acids is 2. The van der Waals surface area contributed by atoms with Crippen molar-refractivity contribution >= 4 is 11.9 Å². The second-order valence-electron chi connectivity index (χ2n) is 7.09. The summed E-state index contributed by atoms with van der Waals surface area (Å²) in [6.07, 6.45) is 1.87. The van der Waals surface area contributed by atoms with Crippen LogP contribution in [0, 0.1) is 5.92 Å². The molecule has 1 aliphatic heterocycles. The number of rotatable bonds is 8. The van der Waals surface area contributed by atoms with Crippen molar-refractivity contribution in [1.82, 2.24) is 9.80 Å². The minimum atomic E-state index is -0.499. The molecule has 0 N–H and O–H groups in total. The van der Waals surface area contributed by atoms with Gasteiger partial charge >= 0.3 is 5.97 Å². The Morgan fingerprint density at radius 1 is 1.30 bits per heavy atom. The molecule has 0 aromatic heterocycles. The molecule has 6 heteroatoms. The van der Waals surface area contributed by atoms with E-state index in [1.807, 2.05) is 18.7 Å². The van der Waals surface area contributed by atoms with Crippen LogP contribution in [0.4, 0.5) is 0 Å². The number of amides is 1. The minimum Gasteiger partial charge on any atom is -0.458 e. The Kier molecular flexibility index (Phi) is 7.99. The quantitative estimate of drug-likeness (QED) is 0.633. The fourth-order valence-electron chi connectivity index (χ4n) is 2.72. The first kappa shape index (κ1) is 19.9. The Labute approximate surface area is 140 Å². The lowest BCUT2D eigenvalue weighted by Crippen LogP contribution is -2.45. The third kappa shape index (κ3) is 7.79. The summed E-state index contributed by atoms with van der Waals surface area (Å²) in [5.41, 5.74) is -0.499. The van der Waals surface area contributed by atoms with Gasteiger partial charge in [-0.3, -0.25) is 14.5 Å². The molecule has 0 spiro atoms. The predicted molar refractivity (Wildman–Crippen MR) is 89.1 cm³/mol. The molecule has 0 aliphatic carbocycles. The maximum Gasteiger partial charge on any atom is 0.326 e. The molecule has 134 valence electrons. The largest absolute Gasteiger partial charge is 0.458 e. The number of hydrogen-bond acceptors (Lipinski definition) is 5. The summed E-state index contributed by atoms with van der Waals surface area (Å²) >= 11 is 0. The predicted octanol–water partition coefficient (Wildman–Crippen LogP) is 1.54. The first-order valence-corrected chi connectivity index (χ1v) is 8.49. The van der Waals surface area contributed by atoms with Gasteiger partial charge < -0.3 is 14.4 Å². The first-order valence-electron chi connectivity index (χ1n) is 8.49. The van der Waals surface area contributed by atoms with Crippen LogP contribution in [0.1, 0.15) is 40.5 Å². The van der Waals surface area contributed by atoms with Gasteiger partial charge in [-0.25, -0.2) is 0 Å². The Bertz CT molecular complexity index is 392. The lowest BCUT2D eigenvalue weighted by Gasteiger charge is -2.30. The average Bonchev–Trinajstić information content (AvgIpc) is 2.46. The zero-order valence-electron chi connectivity index (χ0n) is 15.3. The van der Waals surface area contributed by atoms with Crippen molar-refractivity contribution in [2.45, 2.75) is 46.1 Å². The van der Waals surface area contributed by atoms with Gasteiger partial charge in [0.1, 0.15) is 12.1 Å². The number of esters is 1. The first-order chi connectivity index (χ1) is 10.7. The van der Waals surface area contributed by atoms with Crippen LogP contribution in [0.2, 0.25) is 0 Å². The van der Waals surface area contributed by atoms with Crippen molar-refractivity contribution in [3.05, 3.63) is 0 Å². The molecule has 6 nitrogen and oxygen atoms in total. The smallest absolute Gasteiger partial charge is 0.326 e. The topological polar surface area (TPSA) is 59.1 Å². The summed E-state index contributed by atoms with van der Waals surface area (Å²) in [6.45, 7) is 11.3. The van der Waals surface area contributed by atoms with E-state index in [0.29, 0.717) is 25.7 Å². The van der Waals surface area contributed by atoms with E-state index < -0.39 is 5.60 Å². The molecule has 0 saturated carbocycles. The Morgan fingerprint density at radius 3 is 2.48 bits per heavy atom. The number of hydrogen-bond donors (Lipinski definition) is 0.